The Morgan fingerprint density at radius 1 is 1.33 bits per heavy atom. The first-order valence-corrected chi connectivity index (χ1v) is 10.2. The van der Waals surface area contributed by atoms with E-state index in [1.165, 1.54) is 12.3 Å². The second-order valence-corrected chi connectivity index (χ2v) is 8.67. The van der Waals surface area contributed by atoms with Crippen molar-refractivity contribution < 1.29 is 13.2 Å². The van der Waals surface area contributed by atoms with Gasteiger partial charge >= 0.3 is 0 Å². The number of sulfonamides is 1. The van der Waals surface area contributed by atoms with Crippen LogP contribution in [0.4, 0.5) is 0 Å². The van der Waals surface area contributed by atoms with E-state index < -0.39 is 10.0 Å². The molecule has 136 valence electrons. The van der Waals surface area contributed by atoms with Crippen LogP contribution in [0.1, 0.15) is 20.3 Å². The average Bonchev–Trinajstić information content (AvgIpc) is 2.51. The molecule has 1 atom stereocenters. The molecular formula is C15H23Cl2N3O3S. The quantitative estimate of drug-likeness (QED) is 0.717. The Balaban J connectivity index is 2.12. The van der Waals surface area contributed by atoms with Crippen LogP contribution in [0.25, 0.3) is 0 Å². The second-order valence-electron chi connectivity index (χ2n) is 6.20. The van der Waals surface area contributed by atoms with Crippen LogP contribution in [0.2, 0.25) is 10.2 Å². The van der Waals surface area contributed by atoms with E-state index in [0.29, 0.717) is 25.7 Å². The monoisotopic (exact) mass is 395 g/mol. The van der Waals surface area contributed by atoms with Gasteiger partial charge in [0.25, 0.3) is 0 Å². The van der Waals surface area contributed by atoms with Crippen LogP contribution >= 0.6 is 23.2 Å². The fraction of sp³-hybridized carbons (Fsp3) is 0.667. The highest BCUT2D eigenvalue weighted by atomic mass is 35.5. The number of nitrogens with zero attached hydrogens (tertiary/aromatic N) is 2. The van der Waals surface area contributed by atoms with Gasteiger partial charge in [0.05, 0.1) is 18.2 Å². The Bertz CT molecular complexity index is 629. The van der Waals surface area contributed by atoms with E-state index in [1.807, 2.05) is 0 Å². The van der Waals surface area contributed by atoms with Gasteiger partial charge in [-0.25, -0.2) is 18.1 Å². The number of aromatic nitrogens is 1. The number of ether oxygens (including phenoxy) is 1. The molecule has 2 rings (SSSR count). The van der Waals surface area contributed by atoms with Gasteiger partial charge in [-0.2, -0.15) is 0 Å². The smallest absolute Gasteiger partial charge is 0.245 e. The molecule has 2 heterocycles. The molecule has 1 N–H and O–H groups in total. The minimum atomic E-state index is -3.83. The fourth-order valence-electron chi connectivity index (χ4n) is 2.77. The third-order valence-corrected chi connectivity index (χ3v) is 6.22. The van der Waals surface area contributed by atoms with Crippen molar-refractivity contribution in [2.75, 3.05) is 32.8 Å². The van der Waals surface area contributed by atoms with Gasteiger partial charge in [-0.15, -0.1) is 0 Å². The summed E-state index contributed by atoms with van der Waals surface area (Å²) in [7, 11) is -3.83. The van der Waals surface area contributed by atoms with Crippen LogP contribution in [-0.2, 0) is 14.8 Å². The summed E-state index contributed by atoms with van der Waals surface area (Å²) in [6.45, 7) is 7.47. The summed E-state index contributed by atoms with van der Waals surface area (Å²) in [6, 6.07) is 1.51. The summed E-state index contributed by atoms with van der Waals surface area (Å²) in [5.74, 6) is 0.452. The summed E-state index contributed by atoms with van der Waals surface area (Å²) >= 11 is 11.9. The molecule has 9 heteroatoms. The van der Waals surface area contributed by atoms with Crippen molar-refractivity contribution in [2.45, 2.75) is 31.2 Å². The van der Waals surface area contributed by atoms with Crippen molar-refractivity contribution in [2.24, 2.45) is 5.92 Å². The maximum Gasteiger partial charge on any atom is 0.245 e. The summed E-state index contributed by atoms with van der Waals surface area (Å²) in [5, 5.41) is -0.0592. The van der Waals surface area contributed by atoms with Gasteiger partial charge < -0.3 is 4.74 Å². The number of hydrogen-bond acceptors (Lipinski definition) is 5. The van der Waals surface area contributed by atoms with E-state index in [2.05, 4.69) is 28.5 Å². The Morgan fingerprint density at radius 2 is 2.00 bits per heavy atom. The van der Waals surface area contributed by atoms with Crippen LogP contribution in [0.15, 0.2) is 17.2 Å². The van der Waals surface area contributed by atoms with E-state index in [-0.39, 0.29) is 21.1 Å². The Labute approximate surface area is 153 Å². The van der Waals surface area contributed by atoms with Crippen molar-refractivity contribution in [3.05, 3.63) is 22.4 Å². The first-order valence-electron chi connectivity index (χ1n) is 7.92. The molecule has 1 aromatic heterocycles. The van der Waals surface area contributed by atoms with Crippen molar-refractivity contribution >= 4 is 33.2 Å². The molecule has 0 saturated carbocycles. The standard InChI is InChI=1S/C15H23Cl2N3O3S/c1-11(2)9-12(20-5-7-23-8-6-20)10-19-24(21,22)14-13(16)3-4-18-15(14)17/h3-4,11-12,19H,5-10H2,1-2H3. The third-order valence-electron chi connectivity index (χ3n) is 3.90. The lowest BCUT2D eigenvalue weighted by molar-refractivity contribution is 0.0134. The van der Waals surface area contributed by atoms with Gasteiger partial charge in [0.1, 0.15) is 4.90 Å². The number of pyridine rings is 1. The molecule has 6 nitrogen and oxygen atoms in total. The van der Waals surface area contributed by atoms with Gasteiger partial charge in [0.2, 0.25) is 10.0 Å². The second kappa shape index (κ2) is 8.78. The van der Waals surface area contributed by atoms with Crippen LogP contribution < -0.4 is 4.72 Å². The highest BCUT2D eigenvalue weighted by Gasteiger charge is 2.27. The lowest BCUT2D eigenvalue weighted by Crippen LogP contribution is -2.49. The first-order chi connectivity index (χ1) is 11.3. The molecule has 1 saturated heterocycles. The van der Waals surface area contributed by atoms with Crippen LogP contribution in [0.5, 0.6) is 0 Å². The summed E-state index contributed by atoms with van der Waals surface area (Å²) in [5.41, 5.74) is 0. The summed E-state index contributed by atoms with van der Waals surface area (Å²) in [6.07, 6.45) is 2.26. The molecule has 0 amide bonds. The highest BCUT2D eigenvalue weighted by molar-refractivity contribution is 7.89. The molecule has 24 heavy (non-hydrogen) atoms. The summed E-state index contributed by atoms with van der Waals surface area (Å²) < 4.78 is 33.2. The van der Waals surface area contributed by atoms with Crippen LogP contribution in [0.3, 0.4) is 0 Å². The molecule has 1 aliphatic heterocycles. The van der Waals surface area contributed by atoms with Crippen molar-refractivity contribution in [3.8, 4) is 0 Å². The van der Waals surface area contributed by atoms with E-state index in [0.717, 1.165) is 19.5 Å². The zero-order valence-electron chi connectivity index (χ0n) is 13.8. The maximum atomic E-state index is 12.6. The van der Waals surface area contributed by atoms with E-state index in [1.54, 1.807) is 0 Å². The molecule has 0 bridgehead atoms. The zero-order chi connectivity index (χ0) is 17.7. The zero-order valence-corrected chi connectivity index (χ0v) is 16.2. The van der Waals surface area contributed by atoms with E-state index in [9.17, 15) is 8.42 Å². The predicted octanol–water partition coefficient (Wildman–Crippen LogP) is 2.41. The van der Waals surface area contributed by atoms with Gasteiger partial charge in [-0.05, 0) is 18.4 Å². The maximum absolute atomic E-state index is 12.6. The third kappa shape index (κ3) is 5.28. The largest absolute Gasteiger partial charge is 0.379 e. The molecule has 1 aliphatic rings. The lowest BCUT2D eigenvalue weighted by atomic mass is 10.0. The molecular weight excluding hydrogens is 373 g/mol. The van der Waals surface area contributed by atoms with Crippen LogP contribution in [-0.4, -0.2) is 57.2 Å². The van der Waals surface area contributed by atoms with Crippen LogP contribution in [0, 0.1) is 5.92 Å². The van der Waals surface area contributed by atoms with Gasteiger partial charge in [0.15, 0.2) is 5.15 Å². The molecule has 1 unspecified atom stereocenters. The van der Waals surface area contributed by atoms with E-state index in [4.69, 9.17) is 27.9 Å². The SMILES string of the molecule is CC(C)CC(CNS(=O)(=O)c1c(Cl)ccnc1Cl)N1CCOCC1. The Hall–Kier alpha value is -0.440. The average molecular weight is 396 g/mol. The van der Waals surface area contributed by atoms with Crippen molar-refractivity contribution in [1.82, 2.24) is 14.6 Å². The molecule has 1 fully saturated rings. The topological polar surface area (TPSA) is 71.5 Å². The highest BCUT2D eigenvalue weighted by Crippen LogP contribution is 2.27. The predicted molar refractivity (Wildman–Crippen MR) is 95.1 cm³/mol. The number of halogens is 2. The minimum Gasteiger partial charge on any atom is -0.379 e. The van der Waals surface area contributed by atoms with Gasteiger partial charge in [0, 0.05) is 31.9 Å². The number of rotatable bonds is 7. The van der Waals surface area contributed by atoms with Gasteiger partial charge in [-0.3, -0.25) is 4.90 Å². The molecule has 1 aromatic rings. The molecule has 0 aromatic carbocycles. The molecule has 0 aliphatic carbocycles. The number of hydrogen-bond donors (Lipinski definition) is 1. The van der Waals surface area contributed by atoms with Crippen molar-refractivity contribution in [1.29, 1.82) is 0 Å². The first kappa shape index (κ1) is 19.9. The van der Waals surface area contributed by atoms with Gasteiger partial charge in [-0.1, -0.05) is 37.0 Å². The number of nitrogens with one attached hydrogen (secondary N) is 1. The minimum absolute atomic E-state index is 0.0642. The molecule has 0 radical (unpaired) electrons. The Morgan fingerprint density at radius 3 is 2.58 bits per heavy atom. The molecule has 0 spiro atoms. The fourth-order valence-corrected chi connectivity index (χ4v) is 4.88. The van der Waals surface area contributed by atoms with E-state index >= 15 is 0 Å². The van der Waals surface area contributed by atoms with Crippen molar-refractivity contribution in [3.63, 3.8) is 0 Å². The normalized spacial score (nSPS) is 18.0. The lowest BCUT2D eigenvalue weighted by Gasteiger charge is -2.35. The Kier molecular flexibility index (Phi) is 7.27. The summed E-state index contributed by atoms with van der Waals surface area (Å²) in [4.78, 5) is 5.90. The number of morpholine rings is 1.